The van der Waals surface area contributed by atoms with E-state index in [4.69, 9.17) is 0 Å². The monoisotopic (exact) mass is 157 g/mol. The van der Waals surface area contributed by atoms with Gasteiger partial charge in [-0.15, -0.1) is 0 Å². The molecule has 1 heterocycles. The highest BCUT2D eigenvalue weighted by Crippen LogP contribution is 2.24. The summed E-state index contributed by atoms with van der Waals surface area (Å²) >= 11 is 0. The van der Waals surface area contributed by atoms with Gasteiger partial charge in [-0.2, -0.15) is 0 Å². The summed E-state index contributed by atoms with van der Waals surface area (Å²) in [6, 6.07) is 0. The van der Waals surface area contributed by atoms with Gasteiger partial charge in [-0.25, -0.2) is 0 Å². The number of aliphatic hydroxyl groups is 1. The molecule has 0 aromatic heterocycles. The zero-order chi connectivity index (χ0) is 8.48. The third-order valence-corrected chi connectivity index (χ3v) is 2.29. The molecule has 0 radical (unpaired) electrons. The van der Waals surface area contributed by atoms with Gasteiger partial charge in [-0.1, -0.05) is 13.8 Å². The van der Waals surface area contributed by atoms with Crippen molar-refractivity contribution in [3.05, 3.63) is 0 Å². The summed E-state index contributed by atoms with van der Waals surface area (Å²) in [6.07, 6.45) is 0.671. The highest BCUT2D eigenvalue weighted by Gasteiger charge is 2.31. The van der Waals surface area contributed by atoms with E-state index in [-0.39, 0.29) is 17.4 Å². The molecule has 1 rings (SSSR count). The lowest BCUT2D eigenvalue weighted by Crippen LogP contribution is -2.37. The van der Waals surface area contributed by atoms with Crippen molar-refractivity contribution in [3.8, 4) is 0 Å². The summed E-state index contributed by atoms with van der Waals surface area (Å²) in [7, 11) is 0. The molecule has 1 aliphatic rings. The minimum atomic E-state index is -0.360. The second-order valence-corrected chi connectivity index (χ2v) is 3.82. The molecule has 0 aromatic rings. The highest BCUT2D eigenvalue weighted by atomic mass is 16.3. The first-order chi connectivity index (χ1) is 5.02. The molecule has 0 saturated carbocycles. The Labute approximate surface area is 66.8 Å². The molecular weight excluding hydrogens is 142 g/mol. The van der Waals surface area contributed by atoms with Crippen LogP contribution in [0.1, 0.15) is 26.7 Å². The molecular formula is C8H15NO2. The van der Waals surface area contributed by atoms with Gasteiger partial charge in [-0.3, -0.25) is 4.79 Å². The van der Waals surface area contributed by atoms with E-state index in [9.17, 15) is 9.90 Å². The van der Waals surface area contributed by atoms with E-state index in [1.54, 1.807) is 0 Å². The number of hydrogen-bond acceptors (Lipinski definition) is 2. The fourth-order valence-electron chi connectivity index (χ4n) is 1.19. The minimum absolute atomic E-state index is 0.0506. The van der Waals surface area contributed by atoms with Crippen molar-refractivity contribution in [2.24, 2.45) is 5.41 Å². The van der Waals surface area contributed by atoms with Crippen LogP contribution in [0, 0.1) is 5.41 Å². The fourth-order valence-corrected chi connectivity index (χ4v) is 1.19. The lowest BCUT2D eigenvalue weighted by molar-refractivity contribution is -0.120. The van der Waals surface area contributed by atoms with Gasteiger partial charge in [0.25, 0.3) is 0 Å². The summed E-state index contributed by atoms with van der Waals surface area (Å²) in [5, 5.41) is 12.3. The number of aliphatic hydroxyl groups excluding tert-OH is 1. The third kappa shape index (κ3) is 1.93. The van der Waals surface area contributed by atoms with E-state index in [1.165, 1.54) is 0 Å². The van der Waals surface area contributed by atoms with Gasteiger partial charge in [0, 0.05) is 18.4 Å². The molecule has 0 aliphatic carbocycles. The third-order valence-electron chi connectivity index (χ3n) is 2.29. The minimum Gasteiger partial charge on any atom is -0.392 e. The summed E-state index contributed by atoms with van der Waals surface area (Å²) in [6.45, 7) is 4.50. The normalized spacial score (nSPS) is 30.8. The zero-order valence-electron chi connectivity index (χ0n) is 7.05. The maximum absolute atomic E-state index is 10.9. The van der Waals surface area contributed by atoms with Crippen molar-refractivity contribution in [3.63, 3.8) is 0 Å². The largest absolute Gasteiger partial charge is 0.392 e. The standard InChI is InChI=1S/C8H15NO2/c1-8(2)5-9-7(11)4-3-6(8)10/h6,10H,3-5H2,1-2H3,(H,9,11). The quantitative estimate of drug-likeness (QED) is 0.530. The zero-order valence-corrected chi connectivity index (χ0v) is 7.05. The fraction of sp³-hybridized carbons (Fsp3) is 0.875. The van der Waals surface area contributed by atoms with Gasteiger partial charge in [0.15, 0.2) is 0 Å². The van der Waals surface area contributed by atoms with Gasteiger partial charge in [-0.05, 0) is 6.42 Å². The molecule has 1 unspecified atom stereocenters. The topological polar surface area (TPSA) is 49.3 Å². The first kappa shape index (κ1) is 8.53. The molecule has 11 heavy (non-hydrogen) atoms. The molecule has 1 amide bonds. The Morgan fingerprint density at radius 3 is 2.91 bits per heavy atom. The van der Waals surface area contributed by atoms with Crippen LogP contribution >= 0.6 is 0 Å². The summed E-state index contributed by atoms with van der Waals surface area (Å²) in [5.41, 5.74) is -0.174. The van der Waals surface area contributed by atoms with Crippen LogP contribution in [0.25, 0.3) is 0 Å². The number of carbonyl (C=O) groups is 1. The Bertz CT molecular complexity index is 165. The van der Waals surface area contributed by atoms with Gasteiger partial charge >= 0.3 is 0 Å². The van der Waals surface area contributed by atoms with E-state index in [2.05, 4.69) is 5.32 Å². The van der Waals surface area contributed by atoms with Crippen LogP contribution < -0.4 is 5.32 Å². The smallest absolute Gasteiger partial charge is 0.220 e. The number of rotatable bonds is 0. The average molecular weight is 157 g/mol. The van der Waals surface area contributed by atoms with E-state index in [0.717, 1.165) is 0 Å². The molecule has 1 aliphatic heterocycles. The van der Waals surface area contributed by atoms with Crippen molar-refractivity contribution < 1.29 is 9.90 Å². The molecule has 2 N–H and O–H groups in total. The maximum atomic E-state index is 10.9. The lowest BCUT2D eigenvalue weighted by atomic mass is 9.85. The number of amides is 1. The van der Waals surface area contributed by atoms with Crippen LogP contribution in [0.3, 0.4) is 0 Å². The van der Waals surface area contributed by atoms with Crippen LogP contribution in [0.2, 0.25) is 0 Å². The Kier molecular flexibility index (Phi) is 2.18. The highest BCUT2D eigenvalue weighted by molar-refractivity contribution is 5.76. The summed E-state index contributed by atoms with van der Waals surface area (Å²) in [5.74, 6) is 0.0506. The Balaban J connectivity index is 2.63. The van der Waals surface area contributed by atoms with Crippen LogP contribution in [0.4, 0.5) is 0 Å². The number of carbonyl (C=O) groups excluding carboxylic acids is 1. The molecule has 1 fully saturated rings. The first-order valence-corrected chi connectivity index (χ1v) is 3.97. The van der Waals surface area contributed by atoms with Crippen molar-refractivity contribution in [2.45, 2.75) is 32.8 Å². The van der Waals surface area contributed by atoms with Gasteiger partial charge in [0.1, 0.15) is 0 Å². The van der Waals surface area contributed by atoms with Crippen LogP contribution in [-0.2, 0) is 4.79 Å². The molecule has 0 spiro atoms. The molecule has 3 heteroatoms. The first-order valence-electron chi connectivity index (χ1n) is 3.97. The van der Waals surface area contributed by atoms with Gasteiger partial charge in [0.2, 0.25) is 5.91 Å². The van der Waals surface area contributed by atoms with Crippen molar-refractivity contribution in [2.75, 3.05) is 6.54 Å². The number of nitrogens with one attached hydrogen (secondary N) is 1. The molecule has 0 aromatic carbocycles. The van der Waals surface area contributed by atoms with Gasteiger partial charge in [0.05, 0.1) is 6.10 Å². The summed E-state index contributed by atoms with van der Waals surface area (Å²) < 4.78 is 0. The predicted molar refractivity (Wildman–Crippen MR) is 42.0 cm³/mol. The van der Waals surface area contributed by atoms with Crippen molar-refractivity contribution >= 4 is 5.91 Å². The van der Waals surface area contributed by atoms with Crippen LogP contribution in [0.15, 0.2) is 0 Å². The van der Waals surface area contributed by atoms with Crippen molar-refractivity contribution in [1.82, 2.24) is 5.32 Å². The Hall–Kier alpha value is -0.570. The van der Waals surface area contributed by atoms with E-state index in [0.29, 0.717) is 19.4 Å². The molecule has 1 atom stereocenters. The Morgan fingerprint density at radius 1 is 1.64 bits per heavy atom. The maximum Gasteiger partial charge on any atom is 0.220 e. The molecule has 0 bridgehead atoms. The van der Waals surface area contributed by atoms with Crippen LogP contribution in [0.5, 0.6) is 0 Å². The van der Waals surface area contributed by atoms with E-state index >= 15 is 0 Å². The SMILES string of the molecule is CC1(C)CNC(=O)CCC1O. The molecule has 64 valence electrons. The van der Waals surface area contributed by atoms with E-state index < -0.39 is 0 Å². The lowest BCUT2D eigenvalue weighted by Gasteiger charge is -2.27. The molecule has 1 saturated heterocycles. The second-order valence-electron chi connectivity index (χ2n) is 3.82. The number of hydrogen-bond donors (Lipinski definition) is 2. The predicted octanol–water partition coefficient (Wildman–Crippen LogP) is 0.283. The van der Waals surface area contributed by atoms with Gasteiger partial charge < -0.3 is 10.4 Å². The average Bonchev–Trinajstić information content (AvgIpc) is 2.03. The Morgan fingerprint density at radius 2 is 2.27 bits per heavy atom. The molecule has 3 nitrogen and oxygen atoms in total. The summed E-state index contributed by atoms with van der Waals surface area (Å²) in [4.78, 5) is 10.9. The second kappa shape index (κ2) is 2.81. The van der Waals surface area contributed by atoms with Crippen molar-refractivity contribution in [1.29, 1.82) is 0 Å². The van der Waals surface area contributed by atoms with E-state index in [1.807, 2.05) is 13.8 Å². The van der Waals surface area contributed by atoms with Crippen LogP contribution in [-0.4, -0.2) is 23.7 Å².